The number of nitrogens with two attached hydrogens (primary N) is 1. The van der Waals surface area contributed by atoms with Crippen molar-refractivity contribution in [2.45, 2.75) is 0 Å². The van der Waals surface area contributed by atoms with E-state index in [1.54, 1.807) is 6.20 Å². The Balaban J connectivity index is 1.95. The summed E-state index contributed by atoms with van der Waals surface area (Å²) in [5, 5.41) is 0.290. The van der Waals surface area contributed by atoms with Crippen LogP contribution in [0.25, 0.3) is 0 Å². The standard InChI is InChI=1S/C10H13ClN4OS/c11-8-2-1-3-13-9(8)14-4-6-15(7-5-14)17-10(12)16/h1-3H,4-7H2,(H2,12,16). The predicted octanol–water partition coefficient (Wildman–Crippen LogP) is 1.58. The highest BCUT2D eigenvalue weighted by Gasteiger charge is 2.20. The molecule has 1 aromatic heterocycles. The van der Waals surface area contributed by atoms with E-state index in [0.717, 1.165) is 43.9 Å². The molecule has 1 aromatic rings. The molecule has 1 saturated heterocycles. The minimum atomic E-state index is -0.366. The summed E-state index contributed by atoms with van der Waals surface area (Å²) < 4.78 is 1.95. The lowest BCUT2D eigenvalue weighted by Crippen LogP contribution is -2.44. The Hall–Kier alpha value is -0.980. The van der Waals surface area contributed by atoms with E-state index in [0.29, 0.717) is 5.02 Å². The Labute approximate surface area is 109 Å². The Kier molecular flexibility index (Phi) is 4.09. The molecule has 2 rings (SSSR count). The van der Waals surface area contributed by atoms with Crippen LogP contribution in [-0.2, 0) is 0 Å². The molecule has 1 amide bonds. The number of halogens is 1. The molecule has 0 aromatic carbocycles. The number of anilines is 1. The molecule has 0 spiro atoms. The lowest BCUT2D eigenvalue weighted by molar-refractivity contribution is 0.266. The van der Waals surface area contributed by atoms with Gasteiger partial charge in [0.2, 0.25) is 0 Å². The maximum atomic E-state index is 10.8. The van der Waals surface area contributed by atoms with Crippen LogP contribution in [-0.4, -0.2) is 40.7 Å². The molecular formula is C10H13ClN4OS. The summed E-state index contributed by atoms with van der Waals surface area (Å²) in [4.78, 5) is 17.1. The topological polar surface area (TPSA) is 62.5 Å². The highest BCUT2D eigenvalue weighted by molar-refractivity contribution is 8.11. The first-order chi connectivity index (χ1) is 8.16. The van der Waals surface area contributed by atoms with Gasteiger partial charge >= 0.3 is 0 Å². The van der Waals surface area contributed by atoms with Gasteiger partial charge in [-0.2, -0.15) is 0 Å². The summed E-state index contributed by atoms with van der Waals surface area (Å²) in [6.45, 7) is 3.11. The van der Waals surface area contributed by atoms with E-state index in [1.165, 1.54) is 0 Å². The number of piperazine rings is 1. The summed E-state index contributed by atoms with van der Waals surface area (Å²) in [6, 6.07) is 3.64. The first-order valence-corrected chi connectivity index (χ1v) is 6.40. The van der Waals surface area contributed by atoms with Crippen LogP contribution in [0.2, 0.25) is 5.02 Å². The van der Waals surface area contributed by atoms with Crippen LogP contribution in [0.3, 0.4) is 0 Å². The molecule has 0 aliphatic carbocycles. The predicted molar refractivity (Wildman–Crippen MR) is 70.2 cm³/mol. The lowest BCUT2D eigenvalue weighted by atomic mass is 10.3. The second kappa shape index (κ2) is 5.57. The molecule has 0 atom stereocenters. The van der Waals surface area contributed by atoms with Crippen LogP contribution in [0.15, 0.2) is 18.3 Å². The smallest absolute Gasteiger partial charge is 0.291 e. The van der Waals surface area contributed by atoms with Crippen LogP contribution >= 0.6 is 23.5 Å². The number of aromatic nitrogens is 1. The van der Waals surface area contributed by atoms with E-state index in [2.05, 4.69) is 9.88 Å². The number of pyridine rings is 1. The molecule has 2 heterocycles. The number of carbonyl (C=O) groups excluding carboxylic acids is 1. The average Bonchev–Trinajstić information content (AvgIpc) is 2.30. The zero-order valence-electron chi connectivity index (χ0n) is 9.17. The van der Waals surface area contributed by atoms with Gasteiger partial charge in [0.15, 0.2) is 0 Å². The number of amides is 1. The van der Waals surface area contributed by atoms with Gasteiger partial charge in [0.05, 0.1) is 5.02 Å². The number of rotatable bonds is 2. The van der Waals surface area contributed by atoms with Crippen molar-refractivity contribution in [2.75, 3.05) is 31.1 Å². The lowest BCUT2D eigenvalue weighted by Gasteiger charge is -2.34. The van der Waals surface area contributed by atoms with Gasteiger partial charge in [-0.15, -0.1) is 0 Å². The van der Waals surface area contributed by atoms with Gasteiger partial charge < -0.3 is 10.6 Å². The van der Waals surface area contributed by atoms with Crippen LogP contribution in [0.1, 0.15) is 0 Å². The van der Waals surface area contributed by atoms with Crippen molar-refractivity contribution in [3.8, 4) is 0 Å². The first-order valence-electron chi connectivity index (χ1n) is 5.24. The highest BCUT2D eigenvalue weighted by Crippen LogP contribution is 2.24. The Morgan fingerprint density at radius 1 is 1.41 bits per heavy atom. The summed E-state index contributed by atoms with van der Waals surface area (Å²) >= 11 is 7.15. The van der Waals surface area contributed by atoms with Crippen molar-refractivity contribution < 1.29 is 4.79 Å². The van der Waals surface area contributed by atoms with Crippen molar-refractivity contribution in [3.05, 3.63) is 23.4 Å². The minimum Gasteiger partial charge on any atom is -0.359 e. The Morgan fingerprint density at radius 3 is 2.71 bits per heavy atom. The quantitative estimate of drug-likeness (QED) is 0.829. The fourth-order valence-electron chi connectivity index (χ4n) is 1.73. The second-order valence-corrected chi connectivity index (χ2v) is 5.14. The molecule has 1 aliphatic heterocycles. The number of carbonyl (C=O) groups is 1. The minimum absolute atomic E-state index is 0.366. The zero-order valence-corrected chi connectivity index (χ0v) is 10.7. The average molecular weight is 273 g/mol. The van der Waals surface area contributed by atoms with Crippen molar-refractivity contribution in [2.24, 2.45) is 5.73 Å². The number of nitrogens with zero attached hydrogens (tertiary/aromatic N) is 3. The van der Waals surface area contributed by atoms with Crippen LogP contribution in [0.5, 0.6) is 0 Å². The van der Waals surface area contributed by atoms with E-state index >= 15 is 0 Å². The molecule has 1 fully saturated rings. The fraction of sp³-hybridized carbons (Fsp3) is 0.400. The Morgan fingerprint density at radius 2 is 2.12 bits per heavy atom. The number of hydrogen-bond donors (Lipinski definition) is 1. The maximum absolute atomic E-state index is 10.8. The van der Waals surface area contributed by atoms with E-state index in [1.807, 2.05) is 16.4 Å². The van der Waals surface area contributed by atoms with Gasteiger partial charge in [0.25, 0.3) is 5.24 Å². The monoisotopic (exact) mass is 272 g/mol. The van der Waals surface area contributed by atoms with Gasteiger partial charge in [-0.3, -0.25) is 4.79 Å². The van der Waals surface area contributed by atoms with Gasteiger partial charge in [-0.25, -0.2) is 9.29 Å². The molecule has 0 unspecified atom stereocenters. The van der Waals surface area contributed by atoms with Gasteiger partial charge in [-0.05, 0) is 12.1 Å². The van der Waals surface area contributed by atoms with Gasteiger partial charge in [0, 0.05) is 44.3 Å². The molecule has 1 aliphatic rings. The highest BCUT2D eigenvalue weighted by atomic mass is 35.5. The third-order valence-electron chi connectivity index (χ3n) is 2.50. The van der Waals surface area contributed by atoms with Crippen LogP contribution in [0.4, 0.5) is 10.6 Å². The van der Waals surface area contributed by atoms with Gasteiger partial charge in [-0.1, -0.05) is 11.6 Å². The molecular weight excluding hydrogens is 260 g/mol. The molecule has 5 nitrogen and oxygen atoms in total. The van der Waals surface area contributed by atoms with Gasteiger partial charge in [0.1, 0.15) is 5.82 Å². The van der Waals surface area contributed by atoms with Crippen molar-refractivity contribution in [1.29, 1.82) is 0 Å². The summed E-state index contributed by atoms with van der Waals surface area (Å²) in [5.41, 5.74) is 5.13. The molecule has 0 radical (unpaired) electrons. The van der Waals surface area contributed by atoms with E-state index in [9.17, 15) is 4.79 Å². The molecule has 17 heavy (non-hydrogen) atoms. The van der Waals surface area contributed by atoms with Crippen molar-refractivity contribution in [1.82, 2.24) is 9.29 Å². The van der Waals surface area contributed by atoms with E-state index in [4.69, 9.17) is 17.3 Å². The third-order valence-corrected chi connectivity index (χ3v) is 3.59. The second-order valence-electron chi connectivity index (χ2n) is 3.64. The van der Waals surface area contributed by atoms with Crippen molar-refractivity contribution >= 4 is 34.6 Å². The fourth-order valence-corrected chi connectivity index (χ4v) is 2.57. The SMILES string of the molecule is NC(=O)SN1CCN(c2ncccc2Cl)CC1. The third kappa shape index (κ3) is 3.24. The summed E-state index contributed by atoms with van der Waals surface area (Å²) in [6.07, 6.45) is 1.73. The molecule has 7 heteroatoms. The summed E-state index contributed by atoms with van der Waals surface area (Å²) in [7, 11) is 0. The van der Waals surface area contributed by atoms with Crippen molar-refractivity contribution in [3.63, 3.8) is 0 Å². The molecule has 0 bridgehead atoms. The summed E-state index contributed by atoms with van der Waals surface area (Å²) in [5.74, 6) is 0.804. The van der Waals surface area contributed by atoms with E-state index in [-0.39, 0.29) is 5.24 Å². The first kappa shape index (κ1) is 12.5. The molecule has 2 N–H and O–H groups in total. The Bertz CT molecular complexity index is 409. The zero-order chi connectivity index (χ0) is 12.3. The maximum Gasteiger partial charge on any atom is 0.291 e. The molecule has 92 valence electrons. The normalized spacial score (nSPS) is 17.1. The van der Waals surface area contributed by atoms with Crippen LogP contribution in [0, 0.1) is 0 Å². The van der Waals surface area contributed by atoms with Crippen LogP contribution < -0.4 is 10.6 Å². The van der Waals surface area contributed by atoms with E-state index < -0.39 is 0 Å². The largest absolute Gasteiger partial charge is 0.359 e. The number of hydrogen-bond acceptors (Lipinski definition) is 5. The number of primary amides is 1. The molecule has 0 saturated carbocycles.